The third-order valence-corrected chi connectivity index (χ3v) is 5.61. The van der Waals surface area contributed by atoms with Gasteiger partial charge in [-0.05, 0) is 65.7 Å². The number of aryl methyl sites for hydroxylation is 1. The highest BCUT2D eigenvalue weighted by Crippen LogP contribution is 2.18. The van der Waals surface area contributed by atoms with Gasteiger partial charge in [-0.25, -0.2) is 9.18 Å². The third-order valence-electron chi connectivity index (χ3n) is 4.75. The number of anilines is 1. The fourth-order valence-corrected chi connectivity index (χ4v) is 3.93. The number of pyridine rings is 1. The lowest BCUT2D eigenvalue weighted by Gasteiger charge is -2.22. The average Bonchev–Trinajstić information content (AvgIpc) is 3.23. The summed E-state index contributed by atoms with van der Waals surface area (Å²) in [5.41, 5.74) is 2.59. The van der Waals surface area contributed by atoms with Crippen LogP contribution in [-0.2, 0) is 13.1 Å². The van der Waals surface area contributed by atoms with Crippen LogP contribution in [0.1, 0.15) is 16.0 Å². The van der Waals surface area contributed by atoms with Gasteiger partial charge in [0.05, 0.1) is 13.1 Å². The Labute approximate surface area is 176 Å². The first kappa shape index (κ1) is 19.8. The van der Waals surface area contributed by atoms with E-state index in [4.69, 9.17) is 0 Å². The van der Waals surface area contributed by atoms with Crippen molar-refractivity contribution in [3.63, 3.8) is 0 Å². The molecule has 0 bridgehead atoms. The maximum absolute atomic E-state index is 13.2. The first-order valence-electron chi connectivity index (χ1n) is 9.44. The number of H-pyrrole nitrogens is 1. The lowest BCUT2D eigenvalue weighted by Crippen LogP contribution is -2.35. The number of halogens is 1. The number of aromatic amines is 1. The van der Waals surface area contributed by atoms with Crippen molar-refractivity contribution in [1.29, 1.82) is 0 Å². The minimum absolute atomic E-state index is 0.143. The molecule has 0 aliphatic heterocycles. The number of thiophene rings is 1. The Balaban J connectivity index is 1.62. The van der Waals surface area contributed by atoms with E-state index in [1.807, 2.05) is 48.7 Å². The van der Waals surface area contributed by atoms with Crippen molar-refractivity contribution in [1.82, 2.24) is 9.88 Å². The van der Waals surface area contributed by atoms with Gasteiger partial charge in [-0.3, -0.25) is 4.79 Å². The molecule has 4 rings (SSSR count). The topological polar surface area (TPSA) is 65.2 Å². The van der Waals surface area contributed by atoms with Crippen molar-refractivity contribution in [3.05, 3.63) is 98.2 Å². The van der Waals surface area contributed by atoms with Crippen molar-refractivity contribution in [2.24, 2.45) is 0 Å². The number of amides is 2. The van der Waals surface area contributed by atoms with E-state index < -0.39 is 0 Å². The summed E-state index contributed by atoms with van der Waals surface area (Å²) in [7, 11) is 0. The van der Waals surface area contributed by atoms with Crippen LogP contribution in [0.4, 0.5) is 14.9 Å². The molecule has 0 aliphatic carbocycles. The third kappa shape index (κ3) is 4.58. The molecule has 0 radical (unpaired) electrons. The molecule has 0 fully saturated rings. The lowest BCUT2D eigenvalue weighted by atomic mass is 10.1. The molecule has 2 aromatic carbocycles. The number of hydrogen-bond acceptors (Lipinski definition) is 3. The molecular weight excluding hydrogens is 401 g/mol. The Hall–Kier alpha value is -3.45. The SMILES string of the molecule is Cc1ccc2cc(CN(Cc3cccs3)C(=O)Nc3ccc(F)cc3)c(=O)[nH]c2c1. The summed E-state index contributed by atoms with van der Waals surface area (Å²) in [4.78, 5) is 31.1. The van der Waals surface area contributed by atoms with Crippen LogP contribution in [0.3, 0.4) is 0 Å². The smallest absolute Gasteiger partial charge is 0.322 e. The van der Waals surface area contributed by atoms with Crippen LogP contribution in [-0.4, -0.2) is 15.9 Å². The molecule has 4 aromatic rings. The summed E-state index contributed by atoms with van der Waals surface area (Å²) in [5.74, 6) is -0.374. The van der Waals surface area contributed by atoms with Gasteiger partial charge in [-0.15, -0.1) is 11.3 Å². The molecule has 2 N–H and O–H groups in total. The Kier molecular flexibility index (Phi) is 5.63. The Morgan fingerprint density at radius 3 is 2.63 bits per heavy atom. The number of carbonyl (C=O) groups is 1. The number of nitrogens with zero attached hydrogens (tertiary/aromatic N) is 1. The number of nitrogens with one attached hydrogen (secondary N) is 2. The highest BCUT2D eigenvalue weighted by atomic mass is 32.1. The number of hydrogen-bond donors (Lipinski definition) is 2. The van der Waals surface area contributed by atoms with E-state index in [1.54, 1.807) is 4.90 Å². The van der Waals surface area contributed by atoms with Gasteiger partial charge in [-0.1, -0.05) is 18.2 Å². The van der Waals surface area contributed by atoms with E-state index >= 15 is 0 Å². The lowest BCUT2D eigenvalue weighted by molar-refractivity contribution is 0.207. The number of rotatable bonds is 5. The predicted molar refractivity (Wildman–Crippen MR) is 118 cm³/mol. The molecule has 5 nitrogen and oxygen atoms in total. The summed E-state index contributed by atoms with van der Waals surface area (Å²) in [6, 6.07) is 16.7. The molecule has 7 heteroatoms. The standard InChI is InChI=1S/C23H20FN3O2S/c1-15-4-5-16-12-17(22(28)26-21(16)11-15)13-27(14-20-3-2-10-30-20)23(29)25-19-8-6-18(24)7-9-19/h2-12H,13-14H2,1H3,(H,25,29)(H,26,28). The zero-order valence-corrected chi connectivity index (χ0v) is 17.1. The molecule has 0 aliphatic rings. The van der Waals surface area contributed by atoms with Gasteiger partial charge in [0.15, 0.2) is 0 Å². The van der Waals surface area contributed by atoms with E-state index in [0.29, 0.717) is 17.8 Å². The quantitative estimate of drug-likeness (QED) is 0.461. The molecule has 2 aromatic heterocycles. The van der Waals surface area contributed by atoms with Gasteiger partial charge in [0.25, 0.3) is 5.56 Å². The second kappa shape index (κ2) is 8.51. The Bertz CT molecular complexity index is 1230. The van der Waals surface area contributed by atoms with Crippen LogP contribution < -0.4 is 10.9 Å². The van der Waals surface area contributed by atoms with E-state index in [0.717, 1.165) is 21.3 Å². The second-order valence-corrected chi connectivity index (χ2v) is 8.12. The highest BCUT2D eigenvalue weighted by Gasteiger charge is 2.17. The van der Waals surface area contributed by atoms with Crippen molar-refractivity contribution >= 4 is 34.0 Å². The number of fused-ring (bicyclic) bond motifs is 1. The van der Waals surface area contributed by atoms with E-state index in [-0.39, 0.29) is 24.0 Å². The first-order valence-corrected chi connectivity index (χ1v) is 10.3. The van der Waals surface area contributed by atoms with Gasteiger partial charge >= 0.3 is 6.03 Å². The number of benzene rings is 2. The predicted octanol–water partition coefficient (Wildman–Crippen LogP) is 5.27. The van der Waals surface area contributed by atoms with E-state index in [1.165, 1.54) is 35.6 Å². The second-order valence-electron chi connectivity index (χ2n) is 7.09. The summed E-state index contributed by atoms with van der Waals surface area (Å²) in [6.45, 7) is 2.47. The maximum Gasteiger partial charge on any atom is 0.322 e. The molecule has 2 amide bonds. The largest absolute Gasteiger partial charge is 0.322 e. The van der Waals surface area contributed by atoms with Crippen molar-refractivity contribution in [2.45, 2.75) is 20.0 Å². The molecule has 0 spiro atoms. The van der Waals surface area contributed by atoms with Crippen LogP contribution in [0, 0.1) is 12.7 Å². The van der Waals surface area contributed by atoms with E-state index in [9.17, 15) is 14.0 Å². The van der Waals surface area contributed by atoms with Crippen LogP contribution in [0.25, 0.3) is 10.9 Å². The fraction of sp³-hybridized carbons (Fsp3) is 0.130. The van der Waals surface area contributed by atoms with E-state index in [2.05, 4.69) is 10.3 Å². The van der Waals surface area contributed by atoms with Gasteiger partial charge in [0.1, 0.15) is 5.82 Å². The highest BCUT2D eigenvalue weighted by molar-refractivity contribution is 7.09. The molecular formula is C23H20FN3O2S. The minimum Gasteiger partial charge on any atom is -0.322 e. The number of aromatic nitrogens is 1. The number of carbonyl (C=O) groups excluding carboxylic acids is 1. The van der Waals surface area contributed by atoms with Gasteiger partial charge < -0.3 is 15.2 Å². The maximum atomic E-state index is 13.2. The molecule has 0 atom stereocenters. The molecule has 152 valence electrons. The van der Waals surface area contributed by atoms with Gasteiger partial charge in [0.2, 0.25) is 0 Å². The monoisotopic (exact) mass is 421 g/mol. The summed E-state index contributed by atoms with van der Waals surface area (Å²) in [5, 5.41) is 5.63. The summed E-state index contributed by atoms with van der Waals surface area (Å²) in [6.07, 6.45) is 0. The zero-order valence-electron chi connectivity index (χ0n) is 16.3. The van der Waals surface area contributed by atoms with Crippen LogP contribution >= 0.6 is 11.3 Å². The molecule has 30 heavy (non-hydrogen) atoms. The van der Waals surface area contributed by atoms with Crippen molar-refractivity contribution in [2.75, 3.05) is 5.32 Å². The van der Waals surface area contributed by atoms with Crippen molar-refractivity contribution < 1.29 is 9.18 Å². The van der Waals surface area contributed by atoms with Crippen LogP contribution in [0.2, 0.25) is 0 Å². The normalized spacial score (nSPS) is 10.9. The minimum atomic E-state index is -0.374. The Morgan fingerprint density at radius 2 is 1.90 bits per heavy atom. The molecule has 0 unspecified atom stereocenters. The summed E-state index contributed by atoms with van der Waals surface area (Å²) >= 11 is 1.54. The number of urea groups is 1. The van der Waals surface area contributed by atoms with Crippen LogP contribution in [0.15, 0.2) is 70.8 Å². The molecule has 0 saturated heterocycles. The zero-order chi connectivity index (χ0) is 21.1. The Morgan fingerprint density at radius 1 is 1.10 bits per heavy atom. The average molecular weight is 421 g/mol. The van der Waals surface area contributed by atoms with Gasteiger partial charge in [-0.2, -0.15) is 0 Å². The summed E-state index contributed by atoms with van der Waals surface area (Å²) < 4.78 is 13.2. The van der Waals surface area contributed by atoms with Crippen LogP contribution in [0.5, 0.6) is 0 Å². The fourth-order valence-electron chi connectivity index (χ4n) is 3.21. The first-order chi connectivity index (χ1) is 14.5. The molecule has 2 heterocycles. The van der Waals surface area contributed by atoms with Crippen molar-refractivity contribution in [3.8, 4) is 0 Å². The van der Waals surface area contributed by atoms with Gasteiger partial charge in [0, 0.05) is 21.6 Å². The molecule has 0 saturated carbocycles.